The Labute approximate surface area is 145 Å². The minimum atomic E-state index is 0.724. The second-order valence-electron chi connectivity index (χ2n) is 5.55. The van der Waals surface area contributed by atoms with E-state index in [1.54, 1.807) is 0 Å². The maximum absolute atomic E-state index is 6.35. The van der Waals surface area contributed by atoms with Crippen LogP contribution in [0.4, 0.5) is 0 Å². The van der Waals surface area contributed by atoms with Crippen LogP contribution < -0.4 is 0 Å². The number of para-hydroxylation sites is 2. The van der Waals surface area contributed by atoms with Gasteiger partial charge >= 0.3 is 0 Å². The standard InChI is InChI=1S/C21H15ClN2/c22-18-11-5-4-10-16(18)14-17(15-8-2-1-3-9-15)21-23-19-12-6-7-13-20(19)24-21/h1-14H,(H,23,24). The summed E-state index contributed by atoms with van der Waals surface area (Å²) < 4.78 is 0. The van der Waals surface area contributed by atoms with Gasteiger partial charge in [0, 0.05) is 10.6 Å². The van der Waals surface area contributed by atoms with Crippen molar-refractivity contribution in [2.45, 2.75) is 0 Å². The van der Waals surface area contributed by atoms with Crippen molar-refractivity contribution >= 4 is 34.3 Å². The van der Waals surface area contributed by atoms with Gasteiger partial charge in [0.05, 0.1) is 11.0 Å². The smallest absolute Gasteiger partial charge is 0.139 e. The summed E-state index contributed by atoms with van der Waals surface area (Å²) in [7, 11) is 0. The summed E-state index contributed by atoms with van der Waals surface area (Å²) in [5.41, 5.74) is 5.05. The lowest BCUT2D eigenvalue weighted by molar-refractivity contribution is 1.26. The maximum atomic E-state index is 6.35. The van der Waals surface area contributed by atoms with Gasteiger partial charge in [0.25, 0.3) is 0 Å². The first-order valence-corrected chi connectivity index (χ1v) is 8.16. The highest BCUT2D eigenvalue weighted by molar-refractivity contribution is 6.32. The molecule has 0 spiro atoms. The van der Waals surface area contributed by atoms with E-state index in [-0.39, 0.29) is 0 Å². The molecule has 0 fully saturated rings. The van der Waals surface area contributed by atoms with Crippen LogP contribution in [0.15, 0.2) is 78.9 Å². The van der Waals surface area contributed by atoms with Gasteiger partial charge in [-0.3, -0.25) is 0 Å². The van der Waals surface area contributed by atoms with E-state index >= 15 is 0 Å². The van der Waals surface area contributed by atoms with Crippen LogP contribution in [0.5, 0.6) is 0 Å². The Hall–Kier alpha value is -2.84. The molecule has 0 aliphatic rings. The highest BCUT2D eigenvalue weighted by Crippen LogP contribution is 2.28. The van der Waals surface area contributed by atoms with E-state index in [2.05, 4.69) is 23.2 Å². The zero-order chi connectivity index (χ0) is 16.4. The van der Waals surface area contributed by atoms with E-state index in [0.29, 0.717) is 0 Å². The number of halogens is 1. The molecule has 0 unspecified atom stereocenters. The first-order valence-electron chi connectivity index (χ1n) is 7.78. The number of H-pyrrole nitrogens is 1. The van der Waals surface area contributed by atoms with Crippen molar-refractivity contribution in [3.05, 3.63) is 101 Å². The number of hydrogen-bond acceptors (Lipinski definition) is 1. The molecule has 0 atom stereocenters. The average Bonchev–Trinajstić information content (AvgIpc) is 3.05. The fraction of sp³-hybridized carbons (Fsp3) is 0. The topological polar surface area (TPSA) is 28.7 Å². The molecule has 0 saturated carbocycles. The van der Waals surface area contributed by atoms with Crippen LogP contribution >= 0.6 is 11.6 Å². The zero-order valence-corrected chi connectivity index (χ0v) is 13.7. The Morgan fingerprint density at radius 1 is 0.833 bits per heavy atom. The van der Waals surface area contributed by atoms with Crippen LogP contribution in [0.2, 0.25) is 5.02 Å². The van der Waals surface area contributed by atoms with Gasteiger partial charge in [0.2, 0.25) is 0 Å². The SMILES string of the molecule is Clc1ccccc1C=C(c1ccccc1)c1nc2ccccc2[nH]1. The molecule has 0 bridgehead atoms. The fourth-order valence-electron chi connectivity index (χ4n) is 2.73. The average molecular weight is 331 g/mol. The summed E-state index contributed by atoms with van der Waals surface area (Å²) in [5.74, 6) is 0.835. The van der Waals surface area contributed by atoms with Gasteiger partial charge < -0.3 is 4.98 Å². The van der Waals surface area contributed by atoms with Crippen LogP contribution in [-0.2, 0) is 0 Å². The molecule has 1 N–H and O–H groups in total. The van der Waals surface area contributed by atoms with Crippen molar-refractivity contribution < 1.29 is 0 Å². The third kappa shape index (κ3) is 2.84. The van der Waals surface area contributed by atoms with Crippen LogP contribution in [-0.4, -0.2) is 9.97 Å². The number of aromatic nitrogens is 2. The lowest BCUT2D eigenvalue weighted by atomic mass is 10.0. The highest BCUT2D eigenvalue weighted by Gasteiger charge is 2.11. The molecular weight excluding hydrogens is 316 g/mol. The van der Waals surface area contributed by atoms with Crippen molar-refractivity contribution in [1.82, 2.24) is 9.97 Å². The van der Waals surface area contributed by atoms with E-state index in [1.165, 1.54) is 0 Å². The Balaban J connectivity index is 1.92. The van der Waals surface area contributed by atoms with Crippen molar-refractivity contribution in [3.8, 4) is 0 Å². The molecule has 2 nitrogen and oxygen atoms in total. The third-order valence-corrected chi connectivity index (χ3v) is 4.28. The molecule has 0 aliphatic heterocycles. The zero-order valence-electron chi connectivity index (χ0n) is 12.9. The highest BCUT2D eigenvalue weighted by atomic mass is 35.5. The quantitative estimate of drug-likeness (QED) is 0.472. The minimum Gasteiger partial charge on any atom is -0.338 e. The molecule has 3 heteroatoms. The number of hydrogen-bond donors (Lipinski definition) is 1. The van der Waals surface area contributed by atoms with Gasteiger partial charge in [-0.05, 0) is 35.4 Å². The van der Waals surface area contributed by atoms with Gasteiger partial charge in [-0.2, -0.15) is 0 Å². The number of aromatic amines is 1. The van der Waals surface area contributed by atoms with Crippen LogP contribution in [0.3, 0.4) is 0 Å². The monoisotopic (exact) mass is 330 g/mol. The minimum absolute atomic E-state index is 0.724. The van der Waals surface area contributed by atoms with Crippen LogP contribution in [0.1, 0.15) is 17.0 Å². The molecule has 1 aromatic heterocycles. The van der Waals surface area contributed by atoms with Crippen molar-refractivity contribution in [2.75, 3.05) is 0 Å². The first-order chi connectivity index (χ1) is 11.8. The Bertz CT molecular complexity index is 983. The largest absolute Gasteiger partial charge is 0.338 e. The van der Waals surface area contributed by atoms with Crippen molar-refractivity contribution in [1.29, 1.82) is 0 Å². The third-order valence-electron chi connectivity index (χ3n) is 3.93. The summed E-state index contributed by atoms with van der Waals surface area (Å²) in [6.45, 7) is 0. The summed E-state index contributed by atoms with van der Waals surface area (Å²) in [6, 6.07) is 26.1. The summed E-state index contributed by atoms with van der Waals surface area (Å²) >= 11 is 6.35. The van der Waals surface area contributed by atoms with Gasteiger partial charge in [-0.15, -0.1) is 0 Å². The number of fused-ring (bicyclic) bond motifs is 1. The molecule has 4 rings (SSSR count). The van der Waals surface area contributed by atoms with Crippen molar-refractivity contribution in [3.63, 3.8) is 0 Å². The fourth-order valence-corrected chi connectivity index (χ4v) is 2.92. The van der Waals surface area contributed by atoms with Gasteiger partial charge in [-0.25, -0.2) is 4.98 Å². The number of benzene rings is 3. The molecule has 0 amide bonds. The molecule has 24 heavy (non-hydrogen) atoms. The molecule has 1 heterocycles. The second kappa shape index (κ2) is 6.34. The molecular formula is C21H15ClN2. The van der Waals surface area contributed by atoms with Crippen LogP contribution in [0, 0.1) is 0 Å². The molecule has 0 radical (unpaired) electrons. The Morgan fingerprint density at radius 2 is 1.54 bits per heavy atom. The van der Waals surface area contributed by atoms with Crippen molar-refractivity contribution in [2.24, 2.45) is 0 Å². The molecule has 0 saturated heterocycles. The second-order valence-corrected chi connectivity index (χ2v) is 5.96. The number of nitrogens with one attached hydrogen (secondary N) is 1. The normalized spacial score (nSPS) is 11.8. The van der Waals surface area contributed by atoms with E-state index < -0.39 is 0 Å². The van der Waals surface area contributed by atoms with E-state index in [0.717, 1.165) is 38.6 Å². The summed E-state index contributed by atoms with van der Waals surface area (Å²) in [5, 5.41) is 0.724. The molecule has 0 aliphatic carbocycles. The predicted molar refractivity (Wildman–Crippen MR) is 101 cm³/mol. The van der Waals surface area contributed by atoms with Gasteiger partial charge in [-0.1, -0.05) is 72.3 Å². The van der Waals surface area contributed by atoms with E-state index in [9.17, 15) is 0 Å². The van der Waals surface area contributed by atoms with E-state index in [4.69, 9.17) is 16.6 Å². The first kappa shape index (κ1) is 14.7. The Morgan fingerprint density at radius 3 is 2.33 bits per heavy atom. The van der Waals surface area contributed by atoms with Crippen LogP contribution in [0.25, 0.3) is 22.7 Å². The number of nitrogens with zero attached hydrogens (tertiary/aromatic N) is 1. The summed E-state index contributed by atoms with van der Waals surface area (Å²) in [4.78, 5) is 8.16. The van der Waals surface area contributed by atoms with E-state index in [1.807, 2.05) is 66.7 Å². The number of rotatable bonds is 3. The lowest BCUT2D eigenvalue weighted by Gasteiger charge is -2.06. The van der Waals surface area contributed by atoms with Gasteiger partial charge in [0.15, 0.2) is 0 Å². The maximum Gasteiger partial charge on any atom is 0.139 e. The lowest BCUT2D eigenvalue weighted by Crippen LogP contribution is -1.91. The molecule has 3 aromatic carbocycles. The Kier molecular flexibility index (Phi) is 3.89. The van der Waals surface area contributed by atoms with Gasteiger partial charge in [0.1, 0.15) is 5.82 Å². The molecule has 116 valence electrons. The molecule has 4 aromatic rings. The predicted octanol–water partition coefficient (Wildman–Crippen LogP) is 5.81. The summed E-state index contributed by atoms with van der Waals surface area (Å²) in [6.07, 6.45) is 2.08. The number of imidazole rings is 1.